The van der Waals surface area contributed by atoms with Crippen LogP contribution in [0.25, 0.3) is 0 Å². The molecule has 2 nitrogen and oxygen atoms in total. The maximum atomic E-state index is 5.78. The van der Waals surface area contributed by atoms with Gasteiger partial charge < -0.3 is 9.73 Å². The number of nitrogens with one attached hydrogen (secondary N) is 1. The van der Waals surface area contributed by atoms with E-state index < -0.39 is 0 Å². The predicted octanol–water partition coefficient (Wildman–Crippen LogP) is 4.83. The van der Waals surface area contributed by atoms with E-state index in [-0.39, 0.29) is 0 Å². The highest BCUT2D eigenvalue weighted by atomic mass is 79.9. The Morgan fingerprint density at radius 1 is 1.11 bits per heavy atom. The molecular formula is C15H18BrNOS. The molecule has 1 aromatic heterocycles. The zero-order valence-corrected chi connectivity index (χ0v) is 13.4. The lowest BCUT2D eigenvalue weighted by molar-refractivity contribution is 0.459. The van der Waals surface area contributed by atoms with Gasteiger partial charge in [0.1, 0.15) is 11.5 Å². The lowest BCUT2D eigenvalue weighted by atomic mass is 10.4. The molecule has 0 spiro atoms. The molecule has 1 N–H and O–H groups in total. The minimum absolute atomic E-state index is 0.816. The van der Waals surface area contributed by atoms with Gasteiger partial charge in [-0.05, 0) is 49.4 Å². The number of halogens is 1. The van der Waals surface area contributed by atoms with Gasteiger partial charge in [-0.2, -0.15) is 0 Å². The summed E-state index contributed by atoms with van der Waals surface area (Å²) in [6, 6.07) is 12.5. The predicted molar refractivity (Wildman–Crippen MR) is 84.4 cm³/mol. The molecular weight excluding hydrogens is 322 g/mol. The van der Waals surface area contributed by atoms with Crippen molar-refractivity contribution in [3.8, 4) is 0 Å². The van der Waals surface area contributed by atoms with Crippen LogP contribution in [0.3, 0.4) is 0 Å². The van der Waals surface area contributed by atoms with E-state index in [0.717, 1.165) is 41.3 Å². The Labute approximate surface area is 127 Å². The molecule has 19 heavy (non-hydrogen) atoms. The fourth-order valence-corrected chi connectivity index (χ4v) is 2.73. The fraction of sp³-hybridized carbons (Fsp3) is 0.333. The first-order valence-corrected chi connectivity index (χ1v) is 8.22. The van der Waals surface area contributed by atoms with Gasteiger partial charge in [-0.3, -0.25) is 0 Å². The summed E-state index contributed by atoms with van der Waals surface area (Å²) in [4.78, 5) is 1.25. The molecule has 2 rings (SSSR count). The Kier molecular flexibility index (Phi) is 6.01. The third-order valence-electron chi connectivity index (χ3n) is 2.64. The molecule has 0 radical (unpaired) electrons. The zero-order valence-electron chi connectivity index (χ0n) is 11.0. The van der Waals surface area contributed by atoms with Crippen LogP contribution in [0.4, 0.5) is 0 Å². The smallest absolute Gasteiger partial charge is 0.118 e. The summed E-state index contributed by atoms with van der Waals surface area (Å²) in [5, 5.41) is 3.34. The van der Waals surface area contributed by atoms with Crippen molar-refractivity contribution in [2.24, 2.45) is 0 Å². The van der Waals surface area contributed by atoms with Crippen LogP contribution >= 0.6 is 27.7 Å². The molecule has 1 heterocycles. The van der Waals surface area contributed by atoms with Gasteiger partial charge in [0, 0.05) is 9.37 Å². The third kappa shape index (κ3) is 5.05. The normalized spacial score (nSPS) is 10.8. The van der Waals surface area contributed by atoms with Gasteiger partial charge >= 0.3 is 0 Å². The summed E-state index contributed by atoms with van der Waals surface area (Å²) < 4.78 is 6.89. The van der Waals surface area contributed by atoms with Crippen LogP contribution in [0.1, 0.15) is 24.9 Å². The summed E-state index contributed by atoms with van der Waals surface area (Å²) >= 11 is 5.23. The first-order valence-electron chi connectivity index (χ1n) is 6.44. The lowest BCUT2D eigenvalue weighted by Gasteiger charge is -2.01. The zero-order chi connectivity index (χ0) is 13.5. The van der Waals surface area contributed by atoms with Crippen molar-refractivity contribution in [3.05, 3.63) is 52.4 Å². The molecule has 0 saturated carbocycles. The molecule has 0 amide bonds. The Morgan fingerprint density at radius 2 is 1.84 bits per heavy atom. The Morgan fingerprint density at radius 3 is 2.58 bits per heavy atom. The van der Waals surface area contributed by atoms with Crippen molar-refractivity contribution in [2.75, 3.05) is 6.54 Å². The molecule has 4 heteroatoms. The summed E-state index contributed by atoms with van der Waals surface area (Å²) in [7, 11) is 0. The van der Waals surface area contributed by atoms with Crippen molar-refractivity contribution < 1.29 is 4.42 Å². The minimum atomic E-state index is 0.816. The highest BCUT2D eigenvalue weighted by molar-refractivity contribution is 9.10. The standard InChI is InChI=1S/C15H18BrNOS/c1-2-9-17-10-13-5-6-14(18-13)11-19-15-7-3-12(16)4-8-15/h3-8,17H,2,9-11H2,1H3. The van der Waals surface area contributed by atoms with Crippen LogP contribution in [0.15, 0.2) is 50.2 Å². The number of benzene rings is 1. The molecule has 0 aliphatic rings. The Bertz CT molecular complexity index is 495. The largest absolute Gasteiger partial charge is 0.464 e. The second-order valence-electron chi connectivity index (χ2n) is 4.29. The Hall–Kier alpha value is -0.710. The quantitative estimate of drug-likeness (QED) is 0.577. The maximum absolute atomic E-state index is 5.78. The van der Waals surface area contributed by atoms with Gasteiger partial charge in [0.15, 0.2) is 0 Å². The average Bonchev–Trinajstić information content (AvgIpc) is 2.86. The van der Waals surface area contributed by atoms with E-state index in [1.807, 2.05) is 0 Å². The molecule has 0 aliphatic heterocycles. The van der Waals surface area contributed by atoms with Crippen LogP contribution in [-0.4, -0.2) is 6.54 Å². The van der Waals surface area contributed by atoms with E-state index in [1.165, 1.54) is 4.90 Å². The first-order chi connectivity index (χ1) is 9.28. The number of hydrogen-bond donors (Lipinski definition) is 1. The van der Waals surface area contributed by atoms with Crippen molar-refractivity contribution in [3.63, 3.8) is 0 Å². The van der Waals surface area contributed by atoms with Gasteiger partial charge in [-0.15, -0.1) is 11.8 Å². The van der Waals surface area contributed by atoms with E-state index in [0.29, 0.717) is 0 Å². The molecule has 0 atom stereocenters. The van der Waals surface area contributed by atoms with E-state index in [9.17, 15) is 0 Å². The van der Waals surface area contributed by atoms with Gasteiger partial charge in [-0.25, -0.2) is 0 Å². The summed E-state index contributed by atoms with van der Waals surface area (Å²) in [6.45, 7) is 4.01. The molecule has 2 aromatic rings. The van der Waals surface area contributed by atoms with Gasteiger partial charge in [0.25, 0.3) is 0 Å². The van der Waals surface area contributed by atoms with Crippen LogP contribution in [0.5, 0.6) is 0 Å². The van der Waals surface area contributed by atoms with E-state index in [1.54, 1.807) is 11.8 Å². The summed E-state index contributed by atoms with van der Waals surface area (Å²) in [5.41, 5.74) is 0. The summed E-state index contributed by atoms with van der Waals surface area (Å²) in [6.07, 6.45) is 1.15. The Balaban J connectivity index is 1.81. The highest BCUT2D eigenvalue weighted by Crippen LogP contribution is 2.25. The van der Waals surface area contributed by atoms with Crippen molar-refractivity contribution in [1.82, 2.24) is 5.32 Å². The van der Waals surface area contributed by atoms with Gasteiger partial charge in [0.05, 0.1) is 12.3 Å². The van der Waals surface area contributed by atoms with Gasteiger partial charge in [0.2, 0.25) is 0 Å². The third-order valence-corrected chi connectivity index (χ3v) is 4.20. The molecule has 0 fully saturated rings. The highest BCUT2D eigenvalue weighted by Gasteiger charge is 2.03. The van der Waals surface area contributed by atoms with E-state index in [4.69, 9.17) is 4.42 Å². The van der Waals surface area contributed by atoms with Crippen LogP contribution in [-0.2, 0) is 12.3 Å². The number of furan rings is 1. The number of rotatable bonds is 7. The fourth-order valence-electron chi connectivity index (χ4n) is 1.67. The molecule has 0 aliphatic carbocycles. The monoisotopic (exact) mass is 339 g/mol. The molecule has 102 valence electrons. The molecule has 0 bridgehead atoms. The van der Waals surface area contributed by atoms with E-state index >= 15 is 0 Å². The van der Waals surface area contributed by atoms with Crippen molar-refractivity contribution in [2.45, 2.75) is 30.5 Å². The van der Waals surface area contributed by atoms with Crippen LogP contribution < -0.4 is 5.32 Å². The molecule has 0 saturated heterocycles. The SMILES string of the molecule is CCCNCc1ccc(CSc2ccc(Br)cc2)o1. The number of thioether (sulfide) groups is 1. The van der Waals surface area contributed by atoms with Crippen molar-refractivity contribution >= 4 is 27.7 Å². The second-order valence-corrected chi connectivity index (χ2v) is 6.25. The average molecular weight is 340 g/mol. The van der Waals surface area contributed by atoms with E-state index in [2.05, 4.69) is 64.6 Å². The van der Waals surface area contributed by atoms with Crippen LogP contribution in [0.2, 0.25) is 0 Å². The first kappa shape index (κ1) is 14.7. The molecule has 0 unspecified atom stereocenters. The minimum Gasteiger partial charge on any atom is -0.464 e. The van der Waals surface area contributed by atoms with Gasteiger partial charge in [-0.1, -0.05) is 22.9 Å². The summed E-state index contributed by atoms with van der Waals surface area (Å²) in [5.74, 6) is 2.91. The lowest BCUT2D eigenvalue weighted by Crippen LogP contribution is -2.12. The van der Waals surface area contributed by atoms with Crippen LogP contribution in [0, 0.1) is 0 Å². The maximum Gasteiger partial charge on any atom is 0.118 e. The molecule has 1 aromatic carbocycles. The topological polar surface area (TPSA) is 25.2 Å². The number of hydrogen-bond acceptors (Lipinski definition) is 3. The second kappa shape index (κ2) is 7.78. The van der Waals surface area contributed by atoms with Crippen molar-refractivity contribution in [1.29, 1.82) is 0 Å².